The number of nitrogens with two attached hydrogens (primary N) is 1. The largest absolute Gasteiger partial charge is 0.507 e. The third-order valence-electron chi connectivity index (χ3n) is 2.21. The lowest BCUT2D eigenvalue weighted by Crippen LogP contribution is -1.87. The van der Waals surface area contributed by atoms with Gasteiger partial charge in [-0.2, -0.15) is 5.26 Å². The first-order chi connectivity index (χ1) is 7.70. The highest BCUT2D eigenvalue weighted by atomic mass is 16.3. The van der Waals surface area contributed by atoms with Crippen molar-refractivity contribution in [1.82, 2.24) is 4.98 Å². The van der Waals surface area contributed by atoms with E-state index >= 15 is 0 Å². The van der Waals surface area contributed by atoms with Gasteiger partial charge in [-0.1, -0.05) is 0 Å². The predicted molar refractivity (Wildman–Crippen MR) is 60.5 cm³/mol. The number of aromatic nitrogens is 1. The van der Waals surface area contributed by atoms with Gasteiger partial charge >= 0.3 is 0 Å². The number of benzene rings is 1. The maximum absolute atomic E-state index is 9.70. The van der Waals surface area contributed by atoms with Crippen molar-refractivity contribution >= 4 is 5.69 Å². The van der Waals surface area contributed by atoms with E-state index in [1.54, 1.807) is 30.5 Å². The van der Waals surface area contributed by atoms with Crippen molar-refractivity contribution in [1.29, 1.82) is 5.26 Å². The Bertz CT molecular complexity index is 555. The van der Waals surface area contributed by atoms with Crippen LogP contribution in [0.2, 0.25) is 0 Å². The average molecular weight is 211 g/mol. The highest BCUT2D eigenvalue weighted by Gasteiger charge is 2.04. The van der Waals surface area contributed by atoms with Crippen LogP contribution in [0.25, 0.3) is 11.1 Å². The Kier molecular flexibility index (Phi) is 2.44. The van der Waals surface area contributed by atoms with Crippen LogP contribution in [0.5, 0.6) is 5.75 Å². The molecular weight excluding hydrogens is 202 g/mol. The molecule has 0 atom stereocenters. The van der Waals surface area contributed by atoms with Crippen molar-refractivity contribution < 1.29 is 5.11 Å². The molecule has 0 spiro atoms. The SMILES string of the molecule is N#Cc1ccc(-c2ccc(N)cc2O)cn1. The average Bonchev–Trinajstić information content (AvgIpc) is 2.29. The smallest absolute Gasteiger partial charge is 0.140 e. The summed E-state index contributed by atoms with van der Waals surface area (Å²) in [5, 5.41) is 18.3. The molecule has 16 heavy (non-hydrogen) atoms. The summed E-state index contributed by atoms with van der Waals surface area (Å²) < 4.78 is 0. The third kappa shape index (κ3) is 1.79. The van der Waals surface area contributed by atoms with Crippen molar-refractivity contribution in [3.05, 3.63) is 42.2 Å². The third-order valence-corrected chi connectivity index (χ3v) is 2.21. The van der Waals surface area contributed by atoms with Gasteiger partial charge < -0.3 is 10.8 Å². The van der Waals surface area contributed by atoms with E-state index in [-0.39, 0.29) is 5.75 Å². The zero-order valence-corrected chi connectivity index (χ0v) is 8.38. The van der Waals surface area contributed by atoms with E-state index in [2.05, 4.69) is 4.98 Å². The summed E-state index contributed by atoms with van der Waals surface area (Å²) in [6.07, 6.45) is 1.55. The minimum Gasteiger partial charge on any atom is -0.507 e. The summed E-state index contributed by atoms with van der Waals surface area (Å²) in [5.74, 6) is 0.103. The zero-order valence-electron chi connectivity index (χ0n) is 8.38. The first kappa shape index (κ1) is 9.99. The van der Waals surface area contributed by atoms with Gasteiger partial charge in [0.15, 0.2) is 0 Å². The molecule has 0 bridgehead atoms. The lowest BCUT2D eigenvalue weighted by Gasteiger charge is -2.04. The van der Waals surface area contributed by atoms with Gasteiger partial charge in [-0.05, 0) is 24.3 Å². The predicted octanol–water partition coefficient (Wildman–Crippen LogP) is 1.91. The quantitative estimate of drug-likeness (QED) is 0.706. The van der Waals surface area contributed by atoms with Gasteiger partial charge in [0.05, 0.1) is 0 Å². The van der Waals surface area contributed by atoms with Crippen LogP contribution >= 0.6 is 0 Å². The molecule has 2 rings (SSSR count). The molecule has 4 heteroatoms. The van der Waals surface area contributed by atoms with Crippen LogP contribution in [0.1, 0.15) is 5.69 Å². The van der Waals surface area contributed by atoms with Gasteiger partial charge in [-0.3, -0.25) is 0 Å². The molecule has 78 valence electrons. The summed E-state index contributed by atoms with van der Waals surface area (Å²) in [7, 11) is 0. The Morgan fingerprint density at radius 2 is 2.06 bits per heavy atom. The molecule has 2 aromatic rings. The number of rotatable bonds is 1. The first-order valence-corrected chi connectivity index (χ1v) is 4.66. The topological polar surface area (TPSA) is 82.9 Å². The Labute approximate surface area is 92.6 Å². The normalized spacial score (nSPS) is 9.69. The Morgan fingerprint density at radius 1 is 1.25 bits per heavy atom. The van der Waals surface area contributed by atoms with Gasteiger partial charge in [-0.25, -0.2) is 4.98 Å². The summed E-state index contributed by atoms with van der Waals surface area (Å²) in [4.78, 5) is 3.93. The highest BCUT2D eigenvalue weighted by molar-refractivity contribution is 5.72. The number of aromatic hydroxyl groups is 1. The van der Waals surface area contributed by atoms with Crippen LogP contribution < -0.4 is 5.73 Å². The van der Waals surface area contributed by atoms with Crippen LogP contribution in [-0.2, 0) is 0 Å². The van der Waals surface area contributed by atoms with E-state index in [9.17, 15) is 5.11 Å². The number of phenolic OH excluding ortho intramolecular Hbond substituents is 1. The van der Waals surface area contributed by atoms with Crippen molar-refractivity contribution in [2.24, 2.45) is 0 Å². The number of hydrogen-bond donors (Lipinski definition) is 2. The van der Waals surface area contributed by atoms with E-state index in [1.165, 1.54) is 6.07 Å². The van der Waals surface area contributed by atoms with Crippen LogP contribution in [0.15, 0.2) is 36.5 Å². The van der Waals surface area contributed by atoms with Crippen molar-refractivity contribution in [2.75, 3.05) is 5.73 Å². The second-order valence-electron chi connectivity index (χ2n) is 3.32. The molecule has 0 fully saturated rings. The Morgan fingerprint density at radius 3 is 2.62 bits per heavy atom. The fourth-order valence-corrected chi connectivity index (χ4v) is 1.41. The first-order valence-electron chi connectivity index (χ1n) is 4.66. The number of nitriles is 1. The van der Waals surface area contributed by atoms with Crippen molar-refractivity contribution in [3.63, 3.8) is 0 Å². The van der Waals surface area contributed by atoms with E-state index in [1.807, 2.05) is 6.07 Å². The molecule has 0 unspecified atom stereocenters. The van der Waals surface area contributed by atoms with Crippen molar-refractivity contribution in [2.45, 2.75) is 0 Å². The van der Waals surface area contributed by atoms with E-state index < -0.39 is 0 Å². The molecule has 1 aromatic heterocycles. The molecule has 0 aliphatic carbocycles. The molecule has 0 radical (unpaired) electrons. The summed E-state index contributed by atoms with van der Waals surface area (Å²) in [5.41, 5.74) is 7.77. The second-order valence-corrected chi connectivity index (χ2v) is 3.32. The van der Waals surface area contributed by atoms with E-state index in [4.69, 9.17) is 11.0 Å². The molecule has 0 aliphatic rings. The number of pyridine rings is 1. The van der Waals surface area contributed by atoms with Gasteiger partial charge in [0.25, 0.3) is 0 Å². The molecule has 0 saturated heterocycles. The fraction of sp³-hybridized carbons (Fsp3) is 0. The molecule has 1 heterocycles. The lowest BCUT2D eigenvalue weighted by atomic mass is 10.1. The number of hydrogen-bond acceptors (Lipinski definition) is 4. The molecular formula is C12H9N3O. The minimum absolute atomic E-state index is 0.103. The maximum Gasteiger partial charge on any atom is 0.140 e. The summed E-state index contributed by atoms with van der Waals surface area (Å²) >= 11 is 0. The molecule has 3 N–H and O–H groups in total. The van der Waals surface area contributed by atoms with Crippen molar-refractivity contribution in [3.8, 4) is 22.9 Å². The van der Waals surface area contributed by atoms with E-state index in [0.29, 0.717) is 16.9 Å². The van der Waals surface area contributed by atoms with Gasteiger partial charge in [0.1, 0.15) is 17.5 Å². The van der Waals surface area contributed by atoms with Crippen LogP contribution in [0, 0.1) is 11.3 Å². The Hall–Kier alpha value is -2.54. The molecule has 0 amide bonds. The van der Waals surface area contributed by atoms with E-state index in [0.717, 1.165) is 5.56 Å². The standard InChI is InChI=1S/C12H9N3O/c13-6-10-3-1-8(7-15-10)11-4-2-9(14)5-12(11)16/h1-5,7,16H,14H2. The molecule has 0 saturated carbocycles. The van der Waals surface area contributed by atoms with Gasteiger partial charge in [0, 0.05) is 29.1 Å². The van der Waals surface area contributed by atoms with Crippen LogP contribution in [0.4, 0.5) is 5.69 Å². The monoisotopic (exact) mass is 211 g/mol. The molecule has 4 nitrogen and oxygen atoms in total. The van der Waals surface area contributed by atoms with Crippen LogP contribution in [-0.4, -0.2) is 10.1 Å². The second kappa shape index (κ2) is 3.91. The fourth-order valence-electron chi connectivity index (χ4n) is 1.41. The minimum atomic E-state index is 0.103. The lowest BCUT2D eigenvalue weighted by molar-refractivity contribution is 0.477. The number of anilines is 1. The number of nitrogens with zero attached hydrogens (tertiary/aromatic N) is 2. The Balaban J connectivity index is 2.47. The zero-order chi connectivity index (χ0) is 11.5. The summed E-state index contributed by atoms with van der Waals surface area (Å²) in [6.45, 7) is 0. The highest BCUT2D eigenvalue weighted by Crippen LogP contribution is 2.30. The van der Waals surface area contributed by atoms with Gasteiger partial charge in [-0.15, -0.1) is 0 Å². The molecule has 0 aliphatic heterocycles. The van der Waals surface area contributed by atoms with Crippen LogP contribution in [0.3, 0.4) is 0 Å². The maximum atomic E-state index is 9.70. The van der Waals surface area contributed by atoms with Gasteiger partial charge in [0.2, 0.25) is 0 Å². The summed E-state index contributed by atoms with van der Waals surface area (Å²) in [6, 6.07) is 10.2. The number of nitrogen functional groups attached to an aromatic ring is 1. The number of phenols is 1. The molecule has 1 aromatic carbocycles.